The number of nitrogens with zero attached hydrogens (tertiary/aromatic N) is 2. The van der Waals surface area contributed by atoms with Gasteiger partial charge in [0.05, 0.1) is 14.1 Å². The molecule has 0 unspecified atom stereocenters. The number of nitro benzene ring substituents is 1. The molecule has 0 spiro atoms. The molecule has 7 heteroatoms. The number of likely N-dealkylation sites (N-methyl/N-ethyl adjacent to an activating group) is 1. The Hall–Kier alpha value is -0.960. The van der Waals surface area contributed by atoms with Crippen molar-refractivity contribution in [2.75, 3.05) is 18.0 Å². The molecule has 0 atom stereocenters. The van der Waals surface area contributed by atoms with Gasteiger partial charge in [-0.3, -0.25) is 10.1 Å². The van der Waals surface area contributed by atoms with Gasteiger partial charge in [0.25, 0.3) is 5.69 Å². The first-order valence-electron chi connectivity index (χ1n) is 5.76. The van der Waals surface area contributed by atoms with Crippen molar-refractivity contribution in [3.05, 3.63) is 31.6 Å². The summed E-state index contributed by atoms with van der Waals surface area (Å²) in [6.07, 6.45) is 0. The van der Waals surface area contributed by atoms with Crippen LogP contribution in [0.4, 0.5) is 15.8 Å². The molecule has 19 heavy (non-hydrogen) atoms. The summed E-state index contributed by atoms with van der Waals surface area (Å²) in [5.74, 6) is -0.504. The van der Waals surface area contributed by atoms with E-state index in [-0.39, 0.29) is 21.5 Å². The van der Waals surface area contributed by atoms with Crippen LogP contribution in [0.1, 0.15) is 20.8 Å². The largest absolute Gasteiger partial charge is 0.389 e. The molecule has 1 aromatic carbocycles. The Kier molecular flexibility index (Phi) is 5.08. The summed E-state index contributed by atoms with van der Waals surface area (Å²) in [7, 11) is 0. The van der Waals surface area contributed by atoms with Gasteiger partial charge in [-0.15, -0.1) is 0 Å². The van der Waals surface area contributed by atoms with Gasteiger partial charge in [-0.25, -0.2) is 4.39 Å². The van der Waals surface area contributed by atoms with E-state index >= 15 is 0 Å². The summed E-state index contributed by atoms with van der Waals surface area (Å²) in [6, 6.07) is 2.35. The topological polar surface area (TPSA) is 66.6 Å². The zero-order valence-corrected chi connectivity index (χ0v) is 13.1. The molecule has 0 aliphatic carbocycles. The molecule has 0 aliphatic heterocycles. The second kappa shape index (κ2) is 6.00. The van der Waals surface area contributed by atoms with E-state index < -0.39 is 16.3 Å². The predicted octanol–water partition coefficient (Wildman–Crippen LogP) is 2.94. The molecular formula is C12H16FIN2O3. The molecule has 0 aliphatic rings. The fraction of sp³-hybridized carbons (Fsp3) is 0.500. The van der Waals surface area contributed by atoms with Crippen LogP contribution in [-0.2, 0) is 0 Å². The summed E-state index contributed by atoms with van der Waals surface area (Å²) < 4.78 is 13.8. The highest BCUT2D eigenvalue weighted by Crippen LogP contribution is 2.32. The predicted molar refractivity (Wildman–Crippen MR) is 80.0 cm³/mol. The lowest BCUT2D eigenvalue weighted by Gasteiger charge is -2.29. The highest BCUT2D eigenvalue weighted by Gasteiger charge is 2.25. The SMILES string of the molecule is CCN(CC(C)(C)O)c1cc(F)c(I)cc1[N+](=O)[O-]. The van der Waals surface area contributed by atoms with Crippen LogP contribution in [0.5, 0.6) is 0 Å². The fourth-order valence-corrected chi connectivity index (χ4v) is 2.21. The van der Waals surface area contributed by atoms with E-state index in [0.717, 1.165) is 6.07 Å². The molecule has 0 heterocycles. The van der Waals surface area contributed by atoms with E-state index in [1.807, 2.05) is 0 Å². The summed E-state index contributed by atoms with van der Waals surface area (Å²) in [6.45, 7) is 5.62. The third kappa shape index (κ3) is 4.27. The van der Waals surface area contributed by atoms with Crippen molar-refractivity contribution in [1.29, 1.82) is 0 Å². The molecule has 106 valence electrons. The van der Waals surface area contributed by atoms with Crippen LogP contribution in [-0.4, -0.2) is 28.7 Å². The van der Waals surface area contributed by atoms with E-state index in [1.165, 1.54) is 6.07 Å². The Labute approximate surface area is 124 Å². The lowest BCUT2D eigenvalue weighted by molar-refractivity contribution is -0.384. The van der Waals surface area contributed by atoms with Gasteiger partial charge in [-0.2, -0.15) is 0 Å². The first-order valence-corrected chi connectivity index (χ1v) is 6.84. The average Bonchev–Trinajstić information content (AvgIpc) is 2.27. The minimum atomic E-state index is -1.02. The van der Waals surface area contributed by atoms with Gasteiger partial charge in [0, 0.05) is 25.2 Å². The van der Waals surface area contributed by atoms with Crippen LogP contribution in [0.15, 0.2) is 12.1 Å². The normalized spacial score (nSPS) is 11.5. The van der Waals surface area contributed by atoms with Gasteiger partial charge in [0.2, 0.25) is 0 Å². The molecule has 0 bridgehead atoms. The van der Waals surface area contributed by atoms with Gasteiger partial charge in [0.1, 0.15) is 11.5 Å². The number of hydrogen-bond donors (Lipinski definition) is 1. The summed E-state index contributed by atoms with van der Waals surface area (Å²) in [5, 5.41) is 20.9. The maximum absolute atomic E-state index is 13.6. The Morgan fingerprint density at radius 2 is 2.11 bits per heavy atom. The van der Waals surface area contributed by atoms with E-state index in [4.69, 9.17) is 0 Å². The van der Waals surface area contributed by atoms with Crippen molar-refractivity contribution in [3.63, 3.8) is 0 Å². The van der Waals surface area contributed by atoms with Crippen LogP contribution in [0.2, 0.25) is 0 Å². The minimum absolute atomic E-state index is 0.156. The number of anilines is 1. The Morgan fingerprint density at radius 1 is 1.53 bits per heavy atom. The maximum atomic E-state index is 13.6. The second-order valence-corrected chi connectivity index (χ2v) is 6.00. The molecular weight excluding hydrogens is 366 g/mol. The molecule has 1 rings (SSSR count). The molecule has 1 aromatic rings. The van der Waals surface area contributed by atoms with E-state index in [2.05, 4.69) is 0 Å². The third-order valence-corrected chi connectivity index (χ3v) is 3.34. The average molecular weight is 382 g/mol. The van der Waals surface area contributed by atoms with Crippen molar-refractivity contribution in [3.8, 4) is 0 Å². The highest BCUT2D eigenvalue weighted by atomic mass is 127. The van der Waals surface area contributed by atoms with Crippen LogP contribution >= 0.6 is 22.6 Å². The van der Waals surface area contributed by atoms with Crippen molar-refractivity contribution in [2.45, 2.75) is 26.4 Å². The van der Waals surface area contributed by atoms with Crippen molar-refractivity contribution in [1.82, 2.24) is 0 Å². The van der Waals surface area contributed by atoms with Crippen LogP contribution in [0.25, 0.3) is 0 Å². The quantitative estimate of drug-likeness (QED) is 0.483. The van der Waals surface area contributed by atoms with Gasteiger partial charge < -0.3 is 10.0 Å². The first-order chi connectivity index (χ1) is 8.65. The Bertz CT molecular complexity index is 489. The summed E-state index contributed by atoms with van der Waals surface area (Å²) in [5.41, 5.74) is -0.993. The van der Waals surface area contributed by atoms with Gasteiger partial charge in [0.15, 0.2) is 0 Å². The number of hydrogen-bond acceptors (Lipinski definition) is 4. The Morgan fingerprint density at radius 3 is 2.53 bits per heavy atom. The smallest absolute Gasteiger partial charge is 0.293 e. The number of aliphatic hydroxyl groups is 1. The van der Waals surface area contributed by atoms with Gasteiger partial charge in [-0.1, -0.05) is 0 Å². The molecule has 0 saturated carbocycles. The lowest BCUT2D eigenvalue weighted by atomic mass is 10.1. The second-order valence-electron chi connectivity index (χ2n) is 4.84. The van der Waals surface area contributed by atoms with E-state index in [1.54, 1.807) is 48.3 Å². The molecule has 0 amide bonds. The van der Waals surface area contributed by atoms with Crippen molar-refractivity contribution in [2.24, 2.45) is 0 Å². The van der Waals surface area contributed by atoms with E-state index in [9.17, 15) is 19.6 Å². The lowest BCUT2D eigenvalue weighted by Crippen LogP contribution is -2.39. The molecule has 0 radical (unpaired) electrons. The first kappa shape index (κ1) is 16.1. The highest BCUT2D eigenvalue weighted by molar-refractivity contribution is 14.1. The number of nitro groups is 1. The fourth-order valence-electron chi connectivity index (χ4n) is 1.76. The maximum Gasteiger partial charge on any atom is 0.293 e. The molecule has 0 saturated heterocycles. The zero-order chi connectivity index (χ0) is 14.8. The van der Waals surface area contributed by atoms with Crippen LogP contribution in [0, 0.1) is 19.5 Å². The molecule has 5 nitrogen and oxygen atoms in total. The third-order valence-electron chi connectivity index (χ3n) is 2.51. The molecule has 0 fully saturated rings. The van der Waals surface area contributed by atoms with Crippen molar-refractivity contribution < 1.29 is 14.4 Å². The van der Waals surface area contributed by atoms with Crippen LogP contribution < -0.4 is 4.90 Å². The summed E-state index contributed by atoms with van der Waals surface area (Å²) >= 11 is 1.72. The van der Waals surface area contributed by atoms with Crippen LogP contribution in [0.3, 0.4) is 0 Å². The van der Waals surface area contributed by atoms with E-state index in [0.29, 0.717) is 6.54 Å². The number of benzene rings is 1. The monoisotopic (exact) mass is 382 g/mol. The molecule has 1 N–H and O–H groups in total. The Balaban J connectivity index is 3.29. The zero-order valence-electron chi connectivity index (χ0n) is 11.0. The standard InChI is InChI=1S/C12H16FIN2O3/c1-4-15(7-12(2,3)17)10-5-8(13)9(14)6-11(10)16(18)19/h5-6,17H,4,7H2,1-3H3. The number of halogens is 2. The van der Waals surface area contributed by atoms with Gasteiger partial charge >= 0.3 is 0 Å². The molecule has 0 aromatic heterocycles. The van der Waals surface area contributed by atoms with Crippen molar-refractivity contribution >= 4 is 34.0 Å². The minimum Gasteiger partial charge on any atom is -0.389 e. The summed E-state index contributed by atoms with van der Waals surface area (Å²) in [4.78, 5) is 12.1. The number of rotatable bonds is 5. The van der Waals surface area contributed by atoms with Gasteiger partial charge in [-0.05, 0) is 43.4 Å².